The molecule has 0 atom stereocenters. The van der Waals surface area contributed by atoms with Crippen LogP contribution < -0.4 is 0 Å². The summed E-state index contributed by atoms with van der Waals surface area (Å²) in [7, 11) is 0. The summed E-state index contributed by atoms with van der Waals surface area (Å²) in [6.45, 7) is 2.19. The first-order valence-electron chi connectivity index (χ1n) is 8.89. The van der Waals surface area contributed by atoms with Crippen molar-refractivity contribution >= 4 is 5.97 Å². The van der Waals surface area contributed by atoms with Crippen LogP contribution in [0.15, 0.2) is 11.5 Å². The van der Waals surface area contributed by atoms with Crippen molar-refractivity contribution in [2.75, 3.05) is 0 Å². The van der Waals surface area contributed by atoms with E-state index in [-0.39, 0.29) is 17.9 Å². The average Bonchev–Trinajstić information content (AvgIpc) is 2.49. The molecule has 3 N–H and O–H groups in total. The molecule has 0 heterocycles. The first-order chi connectivity index (χ1) is 10.6. The maximum absolute atomic E-state index is 10.3. The Hall–Kier alpha value is -1.19. The highest BCUT2D eigenvalue weighted by Gasteiger charge is 2.04. The van der Waals surface area contributed by atoms with Gasteiger partial charge in [0.25, 0.3) is 0 Å². The number of rotatable bonds is 15. The van der Waals surface area contributed by atoms with Crippen LogP contribution in [0.5, 0.6) is 0 Å². The lowest BCUT2D eigenvalue weighted by Gasteiger charge is -2.06. The number of carboxylic acid groups (broad SMARTS) is 1. The molecule has 0 aliphatic carbocycles. The number of aliphatic carboxylic acids is 1. The average molecular weight is 314 g/mol. The van der Waals surface area contributed by atoms with Crippen molar-refractivity contribution in [2.24, 2.45) is 0 Å². The van der Waals surface area contributed by atoms with E-state index >= 15 is 0 Å². The maximum atomic E-state index is 10.3. The number of hydrogen-bond acceptors (Lipinski definition) is 3. The molecular weight excluding hydrogens is 280 g/mol. The predicted octanol–water partition coefficient (Wildman–Crippen LogP) is 5.88. The van der Waals surface area contributed by atoms with Gasteiger partial charge in [0.15, 0.2) is 0 Å². The molecule has 0 bridgehead atoms. The van der Waals surface area contributed by atoms with Gasteiger partial charge in [-0.3, -0.25) is 4.79 Å². The third-order valence-corrected chi connectivity index (χ3v) is 3.90. The minimum absolute atomic E-state index is 0.138. The van der Waals surface area contributed by atoms with Crippen molar-refractivity contribution < 1.29 is 20.1 Å². The number of aliphatic hydroxyl groups is 2. The molecule has 0 rings (SSSR count). The molecule has 130 valence electrons. The second kappa shape index (κ2) is 14.7. The van der Waals surface area contributed by atoms with E-state index in [0.717, 1.165) is 44.9 Å². The molecule has 0 amide bonds. The van der Waals surface area contributed by atoms with E-state index < -0.39 is 5.97 Å². The fraction of sp³-hybridized carbons (Fsp3) is 0.833. The van der Waals surface area contributed by atoms with Crippen LogP contribution in [0.2, 0.25) is 0 Å². The highest BCUT2D eigenvalue weighted by molar-refractivity contribution is 5.66. The number of hydrogen-bond donors (Lipinski definition) is 3. The van der Waals surface area contributed by atoms with Gasteiger partial charge in [-0.25, -0.2) is 0 Å². The van der Waals surface area contributed by atoms with E-state index in [1.54, 1.807) is 0 Å². The maximum Gasteiger partial charge on any atom is 0.303 e. The van der Waals surface area contributed by atoms with Gasteiger partial charge in [0.2, 0.25) is 0 Å². The predicted molar refractivity (Wildman–Crippen MR) is 90.2 cm³/mol. The molecule has 4 nitrogen and oxygen atoms in total. The first-order valence-corrected chi connectivity index (χ1v) is 8.89. The minimum atomic E-state index is -0.736. The van der Waals surface area contributed by atoms with Crippen molar-refractivity contribution in [2.45, 2.75) is 96.8 Å². The molecule has 0 aromatic carbocycles. The Morgan fingerprint density at radius 2 is 0.955 bits per heavy atom. The second-order valence-corrected chi connectivity index (χ2v) is 6.07. The molecule has 0 aliphatic heterocycles. The summed E-state index contributed by atoms with van der Waals surface area (Å²) in [5, 5.41) is 28.1. The van der Waals surface area contributed by atoms with Gasteiger partial charge in [-0.15, -0.1) is 0 Å². The molecule has 0 spiro atoms. The summed E-state index contributed by atoms with van der Waals surface area (Å²) in [4.78, 5) is 10.3. The van der Waals surface area contributed by atoms with Gasteiger partial charge >= 0.3 is 5.97 Å². The standard InChI is InChI=1S/C18H34O4/c1-2-3-4-5-7-10-13-16(19)17(20)14-11-8-6-9-12-15-18(21)22/h19-20H,2-15H2,1H3,(H,21,22)/b17-16+. The first kappa shape index (κ1) is 20.8. The molecule has 22 heavy (non-hydrogen) atoms. The lowest BCUT2D eigenvalue weighted by atomic mass is 10.1. The van der Waals surface area contributed by atoms with Crippen LogP contribution in [0.25, 0.3) is 0 Å². The number of aliphatic hydroxyl groups excluding tert-OH is 2. The topological polar surface area (TPSA) is 77.8 Å². The summed E-state index contributed by atoms with van der Waals surface area (Å²) >= 11 is 0. The van der Waals surface area contributed by atoms with E-state index in [2.05, 4.69) is 6.92 Å². The van der Waals surface area contributed by atoms with Crippen LogP contribution in [-0.2, 0) is 4.79 Å². The van der Waals surface area contributed by atoms with Gasteiger partial charge in [0.05, 0.1) is 0 Å². The van der Waals surface area contributed by atoms with E-state index in [1.165, 1.54) is 25.7 Å². The molecule has 0 aromatic rings. The minimum Gasteiger partial charge on any atom is -0.509 e. The molecule has 0 fully saturated rings. The van der Waals surface area contributed by atoms with Crippen LogP contribution in [0.3, 0.4) is 0 Å². The molecule has 0 aliphatic rings. The van der Waals surface area contributed by atoms with Crippen molar-refractivity contribution in [1.82, 2.24) is 0 Å². The lowest BCUT2D eigenvalue weighted by molar-refractivity contribution is -0.137. The van der Waals surface area contributed by atoms with Crippen molar-refractivity contribution in [1.29, 1.82) is 0 Å². The largest absolute Gasteiger partial charge is 0.509 e. The van der Waals surface area contributed by atoms with Gasteiger partial charge in [-0.2, -0.15) is 0 Å². The molecule has 0 saturated heterocycles. The Kier molecular flexibility index (Phi) is 13.9. The Labute approximate surface area is 135 Å². The van der Waals surface area contributed by atoms with Crippen LogP contribution in [0.1, 0.15) is 96.8 Å². The third-order valence-electron chi connectivity index (χ3n) is 3.90. The second-order valence-electron chi connectivity index (χ2n) is 6.07. The summed E-state index contributed by atoms with van der Waals surface area (Å²) in [5.74, 6) is -0.444. The highest BCUT2D eigenvalue weighted by Crippen LogP contribution is 2.16. The van der Waals surface area contributed by atoms with Crippen molar-refractivity contribution in [3.05, 3.63) is 11.5 Å². The van der Waals surface area contributed by atoms with E-state index in [0.29, 0.717) is 12.8 Å². The van der Waals surface area contributed by atoms with Gasteiger partial charge in [-0.05, 0) is 19.3 Å². The smallest absolute Gasteiger partial charge is 0.303 e. The number of allylic oxidation sites excluding steroid dienone is 2. The summed E-state index contributed by atoms with van der Waals surface area (Å²) < 4.78 is 0. The summed E-state index contributed by atoms with van der Waals surface area (Å²) in [6, 6.07) is 0. The summed E-state index contributed by atoms with van der Waals surface area (Å²) in [6.07, 6.45) is 12.8. The van der Waals surface area contributed by atoms with Crippen LogP contribution in [0.4, 0.5) is 0 Å². The molecule has 4 heteroatoms. The highest BCUT2D eigenvalue weighted by atomic mass is 16.4. The normalized spacial score (nSPS) is 12.2. The van der Waals surface area contributed by atoms with Gasteiger partial charge in [0.1, 0.15) is 11.5 Å². The zero-order valence-corrected chi connectivity index (χ0v) is 14.1. The Morgan fingerprint density at radius 3 is 1.36 bits per heavy atom. The van der Waals surface area contributed by atoms with Crippen LogP contribution >= 0.6 is 0 Å². The lowest BCUT2D eigenvalue weighted by Crippen LogP contribution is -1.94. The number of unbranched alkanes of at least 4 members (excludes halogenated alkanes) is 9. The fourth-order valence-corrected chi connectivity index (χ4v) is 2.46. The number of carbonyl (C=O) groups is 1. The summed E-state index contributed by atoms with van der Waals surface area (Å²) in [5.41, 5.74) is 0. The van der Waals surface area contributed by atoms with Crippen molar-refractivity contribution in [3.63, 3.8) is 0 Å². The Balaban J connectivity index is 3.53. The van der Waals surface area contributed by atoms with Gasteiger partial charge in [0, 0.05) is 19.3 Å². The Bertz CT molecular complexity index is 310. The van der Waals surface area contributed by atoms with Crippen LogP contribution in [0, 0.1) is 0 Å². The molecule has 0 unspecified atom stereocenters. The monoisotopic (exact) mass is 314 g/mol. The number of carboxylic acids is 1. The van der Waals surface area contributed by atoms with E-state index in [1.807, 2.05) is 0 Å². The van der Waals surface area contributed by atoms with E-state index in [4.69, 9.17) is 5.11 Å². The van der Waals surface area contributed by atoms with E-state index in [9.17, 15) is 15.0 Å². The van der Waals surface area contributed by atoms with Gasteiger partial charge in [-0.1, -0.05) is 58.3 Å². The SMILES string of the molecule is CCCCCCCC/C(O)=C(\O)CCCCCCCC(=O)O. The zero-order valence-electron chi connectivity index (χ0n) is 14.1. The molecule has 0 saturated carbocycles. The Morgan fingerprint density at radius 1 is 0.591 bits per heavy atom. The zero-order chi connectivity index (χ0) is 16.6. The van der Waals surface area contributed by atoms with Crippen molar-refractivity contribution in [3.8, 4) is 0 Å². The molecular formula is C18H34O4. The molecule has 0 aromatic heterocycles. The molecule has 0 radical (unpaired) electrons. The van der Waals surface area contributed by atoms with Gasteiger partial charge < -0.3 is 15.3 Å². The van der Waals surface area contributed by atoms with Crippen LogP contribution in [-0.4, -0.2) is 21.3 Å². The fourth-order valence-electron chi connectivity index (χ4n) is 2.46. The quantitative estimate of drug-likeness (QED) is 0.260. The third kappa shape index (κ3) is 13.8.